The number of nitrogens with zero attached hydrogens (tertiary/aromatic N) is 3. The van der Waals surface area contributed by atoms with Gasteiger partial charge in [-0.25, -0.2) is 0 Å². The molecule has 4 nitrogen and oxygen atoms in total. The second kappa shape index (κ2) is 7.36. The minimum Gasteiger partial charge on any atom is -0.592 e. The molecule has 2 N–H and O–H groups in total. The van der Waals surface area contributed by atoms with Gasteiger partial charge in [0.15, 0.2) is 0 Å². The monoisotopic (exact) mass is 336 g/mol. The maximum Gasteiger partial charge on any atom is 2.00 e. The summed E-state index contributed by atoms with van der Waals surface area (Å²) < 4.78 is 0. The molecule has 1 heterocycles. The smallest absolute Gasteiger partial charge is 0.592 e. The van der Waals surface area contributed by atoms with Crippen molar-refractivity contribution in [1.29, 1.82) is 0 Å². The van der Waals surface area contributed by atoms with E-state index >= 15 is 0 Å². The molecule has 2 aromatic rings. The molecule has 0 spiro atoms. The number of halogens is 2. The van der Waals surface area contributed by atoms with Crippen molar-refractivity contribution in [2.75, 3.05) is 0 Å². The second-order valence-electron chi connectivity index (χ2n) is 3.38. The predicted molar refractivity (Wildman–Crippen MR) is 74.4 cm³/mol. The van der Waals surface area contributed by atoms with Crippen LogP contribution < -0.4 is 0 Å². The molecule has 0 amide bonds. The van der Waals surface area contributed by atoms with Gasteiger partial charge >= 0.3 is 17.1 Å². The molecule has 0 saturated carbocycles. The van der Waals surface area contributed by atoms with Crippen molar-refractivity contribution >= 4 is 35.2 Å². The van der Waals surface area contributed by atoms with Gasteiger partial charge < -0.3 is 15.5 Å². The van der Waals surface area contributed by atoms with Gasteiger partial charge in [-0.1, -0.05) is 47.6 Å². The maximum absolute atomic E-state index is 7.74. The van der Waals surface area contributed by atoms with Crippen LogP contribution in [0.5, 0.6) is 5.75 Å². The molecule has 0 bridgehead atoms. The maximum atomic E-state index is 7.74. The quantitative estimate of drug-likeness (QED) is 0.363. The largest absolute Gasteiger partial charge is 2.00 e. The average molecular weight is 337 g/mol. The van der Waals surface area contributed by atoms with Gasteiger partial charge in [0.2, 0.25) is 0 Å². The van der Waals surface area contributed by atoms with Crippen molar-refractivity contribution in [2.24, 2.45) is 5.10 Å². The van der Waals surface area contributed by atoms with Crippen LogP contribution >= 0.6 is 23.2 Å². The summed E-state index contributed by atoms with van der Waals surface area (Å²) in [5.41, 5.74) is 4.40. The molecule has 0 aliphatic carbocycles. The first kappa shape index (κ1) is 15.8. The van der Waals surface area contributed by atoms with E-state index in [0.717, 1.165) is 0 Å². The van der Waals surface area contributed by atoms with Gasteiger partial charge in [0.05, 0.1) is 5.56 Å². The van der Waals surface area contributed by atoms with Crippen LogP contribution in [0.1, 0.15) is 5.56 Å². The molecule has 1 aromatic heterocycles. The molecule has 0 aliphatic rings. The summed E-state index contributed by atoms with van der Waals surface area (Å²) in [7, 11) is 0. The number of hydrogen-bond acceptors (Lipinski definition) is 2. The van der Waals surface area contributed by atoms with Crippen molar-refractivity contribution in [2.45, 2.75) is 0 Å². The Morgan fingerprint density at radius 1 is 1.26 bits per heavy atom. The van der Waals surface area contributed by atoms with Crippen molar-refractivity contribution in [3.8, 4) is 5.75 Å². The molecule has 0 aliphatic heterocycles. The van der Waals surface area contributed by atoms with Crippen LogP contribution in [0.3, 0.4) is 0 Å². The molecular weight excluding hydrogens is 328 g/mol. The van der Waals surface area contributed by atoms with Gasteiger partial charge in [0.1, 0.15) is 5.02 Å². The van der Waals surface area contributed by atoms with Gasteiger partial charge in [-0.05, 0) is 18.0 Å². The minimum absolute atomic E-state index is 0. The van der Waals surface area contributed by atoms with E-state index in [1.165, 1.54) is 12.3 Å². The summed E-state index contributed by atoms with van der Waals surface area (Å²) in [5.74, 6) is 0.662. The third kappa shape index (κ3) is 4.40. The number of pyridine rings is 1. The van der Waals surface area contributed by atoms with Crippen LogP contribution in [0.15, 0.2) is 41.6 Å². The fourth-order valence-electron chi connectivity index (χ4n) is 1.26. The van der Waals surface area contributed by atoms with E-state index in [-0.39, 0.29) is 27.8 Å². The van der Waals surface area contributed by atoms with Crippen molar-refractivity contribution in [3.63, 3.8) is 0 Å². The number of aromatic nitrogens is 1. The summed E-state index contributed by atoms with van der Waals surface area (Å²) in [6.45, 7) is 0. The number of rotatable bonds is 3. The van der Waals surface area contributed by atoms with Crippen LogP contribution in [-0.4, -0.2) is 16.3 Å². The Morgan fingerprint density at radius 2 is 2.05 bits per heavy atom. The van der Waals surface area contributed by atoms with E-state index in [0.29, 0.717) is 16.4 Å². The Morgan fingerprint density at radius 3 is 2.74 bits per heavy atom. The Balaban J connectivity index is 0.00000180. The third-order valence-electron chi connectivity index (χ3n) is 2.09. The Bertz CT molecular complexity index is 579. The fourth-order valence-corrected chi connectivity index (χ4v) is 1.77. The molecule has 0 saturated heterocycles. The van der Waals surface area contributed by atoms with E-state index < -0.39 is 0 Å². The molecule has 0 unspecified atom stereocenters. The van der Waals surface area contributed by atoms with Gasteiger partial charge in [0, 0.05) is 11.2 Å². The van der Waals surface area contributed by atoms with Crippen molar-refractivity contribution in [1.82, 2.24) is 4.98 Å². The summed E-state index contributed by atoms with van der Waals surface area (Å²) in [6.07, 6.45) is 3.05. The van der Waals surface area contributed by atoms with Crippen molar-refractivity contribution < 1.29 is 22.2 Å². The molecule has 19 heavy (non-hydrogen) atoms. The Hall–Kier alpha value is -1.26. The summed E-state index contributed by atoms with van der Waals surface area (Å²) >= 11 is 11.7. The normalized spacial score (nSPS) is 10.2. The topological polar surface area (TPSA) is 62.2 Å². The first-order valence-electron chi connectivity index (χ1n) is 5.02. The Kier molecular flexibility index (Phi) is 6.12. The summed E-state index contributed by atoms with van der Waals surface area (Å²) in [4.78, 5) is 3.99. The van der Waals surface area contributed by atoms with Crippen LogP contribution in [0.25, 0.3) is 5.43 Å². The van der Waals surface area contributed by atoms with Crippen LogP contribution in [0.2, 0.25) is 10.0 Å². The zero-order valence-electron chi connectivity index (χ0n) is 9.52. The van der Waals surface area contributed by atoms with E-state index in [9.17, 15) is 0 Å². The zero-order valence-corrected chi connectivity index (χ0v) is 12.2. The molecule has 2 rings (SSSR count). The standard InChI is InChI=1S/C12H8Cl2N3O.Mn/c13-9-5-8(12(18)10(14)6-9)7-16-17-11-3-1-2-4-15-11;/h1-7H,(H-,15,16,17,18);/q-1;+2/p+1. The molecule has 1 radical (unpaired) electrons. The van der Waals surface area contributed by atoms with Gasteiger partial charge in [0.25, 0.3) is 5.75 Å². The molecule has 0 atom stereocenters. The zero-order chi connectivity index (χ0) is 13.0. The molecular formula is C12H9Cl2MnN3O+2. The van der Waals surface area contributed by atoms with Gasteiger partial charge in [-0.3, -0.25) is 5.10 Å². The predicted octanol–water partition coefficient (Wildman–Crippen LogP) is 3.86. The van der Waals surface area contributed by atoms with Crippen LogP contribution in [0, 0.1) is 0 Å². The number of hydrogen-bond donors (Lipinski definition) is 0. The first-order chi connectivity index (χ1) is 8.66. The molecule has 7 heteroatoms. The fraction of sp³-hybridized carbons (Fsp3) is 0. The summed E-state index contributed by atoms with van der Waals surface area (Å²) in [5, 5.41) is 12.3. The van der Waals surface area contributed by atoms with Crippen LogP contribution in [-0.2, 0) is 17.1 Å². The molecule has 0 fully saturated rings. The molecule has 1 aromatic carbocycles. The average Bonchev–Trinajstić information content (AvgIpc) is 2.36. The van der Waals surface area contributed by atoms with E-state index in [4.69, 9.17) is 28.3 Å². The SMILES string of the molecule is [Mn+2].[OH2+]c1c(Cl)cc(Cl)cc1C=N[N-]c1ccccn1. The van der Waals surface area contributed by atoms with Crippen LogP contribution in [0.4, 0.5) is 5.82 Å². The molecule has 97 valence electrons. The van der Waals surface area contributed by atoms with E-state index in [1.54, 1.807) is 24.4 Å². The number of benzene rings is 1. The van der Waals surface area contributed by atoms with Gasteiger partial charge in [-0.2, -0.15) is 0 Å². The van der Waals surface area contributed by atoms with Crippen molar-refractivity contribution in [3.05, 3.63) is 57.6 Å². The van der Waals surface area contributed by atoms with E-state index in [1.807, 2.05) is 6.07 Å². The minimum atomic E-state index is 0. The third-order valence-corrected chi connectivity index (χ3v) is 2.61. The summed E-state index contributed by atoms with van der Waals surface area (Å²) in [6, 6.07) is 8.45. The second-order valence-corrected chi connectivity index (χ2v) is 4.23. The Labute approximate surface area is 130 Å². The first-order valence-corrected chi connectivity index (χ1v) is 5.78. The van der Waals surface area contributed by atoms with Gasteiger partial charge in [-0.15, -0.1) is 0 Å². The van der Waals surface area contributed by atoms with E-state index in [2.05, 4.69) is 15.5 Å².